The minimum atomic E-state index is 0.509. The Morgan fingerprint density at radius 2 is 1.16 bits per heavy atom. The Bertz CT molecular complexity index is 848. The fourth-order valence-electron chi connectivity index (χ4n) is 3.13. The molecule has 3 rings (SSSR count). The quantitative estimate of drug-likeness (QED) is 0.295. The van der Waals surface area contributed by atoms with Crippen molar-refractivity contribution < 1.29 is 14.2 Å². The maximum atomic E-state index is 5.81. The molecule has 4 heteroatoms. The molecule has 31 heavy (non-hydrogen) atoms. The molecule has 4 nitrogen and oxygen atoms in total. The van der Waals surface area contributed by atoms with Gasteiger partial charge in [-0.2, -0.15) is 0 Å². The van der Waals surface area contributed by atoms with Crippen LogP contribution in [0.4, 0.5) is 5.69 Å². The largest absolute Gasteiger partial charge is 0.494 e. The normalized spacial score (nSPS) is 10.5. The maximum Gasteiger partial charge on any atom is 0.122 e. The summed E-state index contributed by atoms with van der Waals surface area (Å²) >= 11 is 0. The Labute approximate surface area is 186 Å². The van der Waals surface area contributed by atoms with E-state index in [1.807, 2.05) is 66.7 Å². The van der Waals surface area contributed by atoms with Crippen molar-refractivity contribution in [3.8, 4) is 17.2 Å². The predicted octanol–water partition coefficient (Wildman–Crippen LogP) is 6.72. The molecule has 0 fully saturated rings. The van der Waals surface area contributed by atoms with E-state index in [0.717, 1.165) is 42.5 Å². The van der Waals surface area contributed by atoms with Crippen LogP contribution in [0.5, 0.6) is 17.2 Å². The van der Waals surface area contributed by atoms with Crippen molar-refractivity contribution in [1.29, 1.82) is 0 Å². The van der Waals surface area contributed by atoms with Crippen LogP contribution in [-0.2, 0) is 6.54 Å². The zero-order valence-electron chi connectivity index (χ0n) is 18.4. The summed E-state index contributed by atoms with van der Waals surface area (Å²) in [6.45, 7) is 4.81. The molecular formula is C27H33NO3. The molecule has 1 N–H and O–H groups in total. The Hall–Kier alpha value is -3.14. The first-order chi connectivity index (χ1) is 15.3. The molecule has 0 aliphatic carbocycles. The lowest BCUT2D eigenvalue weighted by Gasteiger charge is -2.11. The van der Waals surface area contributed by atoms with E-state index in [0.29, 0.717) is 13.2 Å². The highest BCUT2D eigenvalue weighted by atomic mass is 16.5. The van der Waals surface area contributed by atoms with Crippen molar-refractivity contribution in [2.24, 2.45) is 0 Å². The fourth-order valence-corrected chi connectivity index (χ4v) is 3.13. The molecule has 0 spiro atoms. The third-order valence-electron chi connectivity index (χ3n) is 4.90. The second kappa shape index (κ2) is 13.2. The van der Waals surface area contributed by atoms with Gasteiger partial charge in [0.1, 0.15) is 30.5 Å². The molecule has 0 aliphatic heterocycles. The topological polar surface area (TPSA) is 39.7 Å². The van der Waals surface area contributed by atoms with Gasteiger partial charge in [0.25, 0.3) is 0 Å². The Morgan fingerprint density at radius 3 is 1.81 bits per heavy atom. The van der Waals surface area contributed by atoms with Gasteiger partial charge in [-0.05, 0) is 60.5 Å². The van der Waals surface area contributed by atoms with E-state index in [1.54, 1.807) is 0 Å². The molecule has 0 heterocycles. The molecule has 0 amide bonds. The molecule has 3 aromatic rings. The summed E-state index contributed by atoms with van der Waals surface area (Å²) in [6, 6.07) is 26.1. The number of benzene rings is 3. The molecule has 0 saturated carbocycles. The SMILES string of the molecule is CCCCCCOc1ccc(CNc2ccc(OCCOc3ccccc3)cc2)cc1. The number of hydrogen-bond donors (Lipinski definition) is 1. The third kappa shape index (κ3) is 8.63. The summed E-state index contributed by atoms with van der Waals surface area (Å²) in [6.07, 6.45) is 4.89. The summed E-state index contributed by atoms with van der Waals surface area (Å²) < 4.78 is 17.2. The smallest absolute Gasteiger partial charge is 0.122 e. The number of rotatable bonds is 14. The Kier molecular flexibility index (Phi) is 9.61. The average molecular weight is 420 g/mol. The summed E-state index contributed by atoms with van der Waals surface area (Å²) in [5.41, 5.74) is 2.28. The van der Waals surface area contributed by atoms with Crippen LogP contribution in [0.2, 0.25) is 0 Å². The Balaban J connectivity index is 1.33. The monoisotopic (exact) mass is 419 g/mol. The molecular weight excluding hydrogens is 386 g/mol. The van der Waals surface area contributed by atoms with Gasteiger partial charge in [-0.15, -0.1) is 0 Å². The number of hydrogen-bond acceptors (Lipinski definition) is 4. The van der Waals surface area contributed by atoms with Crippen molar-refractivity contribution in [3.63, 3.8) is 0 Å². The highest BCUT2D eigenvalue weighted by molar-refractivity contribution is 5.47. The number of para-hydroxylation sites is 1. The lowest BCUT2D eigenvalue weighted by Crippen LogP contribution is -2.08. The highest BCUT2D eigenvalue weighted by Crippen LogP contribution is 2.18. The van der Waals surface area contributed by atoms with Gasteiger partial charge in [0, 0.05) is 12.2 Å². The molecule has 0 saturated heterocycles. The van der Waals surface area contributed by atoms with Gasteiger partial charge in [-0.1, -0.05) is 56.5 Å². The van der Waals surface area contributed by atoms with E-state index in [4.69, 9.17) is 14.2 Å². The second-order valence-corrected chi connectivity index (χ2v) is 7.44. The van der Waals surface area contributed by atoms with Crippen LogP contribution in [0, 0.1) is 0 Å². The van der Waals surface area contributed by atoms with Gasteiger partial charge < -0.3 is 19.5 Å². The van der Waals surface area contributed by atoms with E-state index in [1.165, 1.54) is 24.8 Å². The Morgan fingerprint density at radius 1 is 0.581 bits per heavy atom. The fraction of sp³-hybridized carbons (Fsp3) is 0.333. The maximum absolute atomic E-state index is 5.81. The van der Waals surface area contributed by atoms with Crippen molar-refractivity contribution in [2.75, 3.05) is 25.1 Å². The minimum Gasteiger partial charge on any atom is -0.494 e. The lowest BCUT2D eigenvalue weighted by atomic mass is 10.2. The number of ether oxygens (including phenoxy) is 3. The van der Waals surface area contributed by atoms with Gasteiger partial charge in [0.15, 0.2) is 0 Å². The average Bonchev–Trinajstić information content (AvgIpc) is 2.82. The van der Waals surface area contributed by atoms with Crippen LogP contribution in [0.25, 0.3) is 0 Å². The van der Waals surface area contributed by atoms with Crippen LogP contribution in [0.3, 0.4) is 0 Å². The summed E-state index contributed by atoms with van der Waals surface area (Å²) in [5, 5.41) is 3.44. The van der Waals surface area contributed by atoms with Gasteiger partial charge in [-0.25, -0.2) is 0 Å². The molecule has 0 radical (unpaired) electrons. The van der Waals surface area contributed by atoms with E-state index >= 15 is 0 Å². The van der Waals surface area contributed by atoms with Gasteiger partial charge in [0.05, 0.1) is 6.61 Å². The number of anilines is 1. The van der Waals surface area contributed by atoms with Crippen LogP contribution in [0.1, 0.15) is 38.2 Å². The molecule has 0 unspecified atom stereocenters. The van der Waals surface area contributed by atoms with E-state index < -0.39 is 0 Å². The molecule has 0 bridgehead atoms. The van der Waals surface area contributed by atoms with Crippen molar-refractivity contribution >= 4 is 5.69 Å². The first-order valence-corrected chi connectivity index (χ1v) is 11.2. The number of nitrogens with one attached hydrogen (secondary N) is 1. The van der Waals surface area contributed by atoms with Crippen LogP contribution < -0.4 is 19.5 Å². The third-order valence-corrected chi connectivity index (χ3v) is 4.90. The molecule has 0 aliphatic rings. The van der Waals surface area contributed by atoms with Crippen LogP contribution in [-0.4, -0.2) is 19.8 Å². The molecule has 3 aromatic carbocycles. The summed E-state index contributed by atoms with van der Waals surface area (Å²) in [4.78, 5) is 0. The first kappa shape index (κ1) is 22.5. The lowest BCUT2D eigenvalue weighted by molar-refractivity contribution is 0.217. The zero-order valence-corrected chi connectivity index (χ0v) is 18.4. The van der Waals surface area contributed by atoms with E-state index in [9.17, 15) is 0 Å². The van der Waals surface area contributed by atoms with Gasteiger partial charge >= 0.3 is 0 Å². The standard InChI is InChI=1S/C27H33NO3/c1-2-3-4-8-19-29-26-15-11-23(12-16-26)22-28-24-13-17-27(18-14-24)31-21-20-30-25-9-6-5-7-10-25/h5-7,9-18,28H,2-4,8,19-22H2,1H3. The van der Waals surface area contributed by atoms with Gasteiger partial charge in [0.2, 0.25) is 0 Å². The zero-order chi connectivity index (χ0) is 21.6. The van der Waals surface area contributed by atoms with Crippen LogP contribution >= 0.6 is 0 Å². The van der Waals surface area contributed by atoms with Crippen molar-refractivity contribution in [2.45, 2.75) is 39.2 Å². The molecule has 164 valence electrons. The molecule has 0 aromatic heterocycles. The van der Waals surface area contributed by atoms with Crippen LogP contribution in [0.15, 0.2) is 78.9 Å². The first-order valence-electron chi connectivity index (χ1n) is 11.2. The van der Waals surface area contributed by atoms with E-state index in [2.05, 4.69) is 24.4 Å². The second-order valence-electron chi connectivity index (χ2n) is 7.44. The van der Waals surface area contributed by atoms with E-state index in [-0.39, 0.29) is 0 Å². The van der Waals surface area contributed by atoms with Crippen molar-refractivity contribution in [1.82, 2.24) is 0 Å². The highest BCUT2D eigenvalue weighted by Gasteiger charge is 1.99. The predicted molar refractivity (Wildman–Crippen MR) is 127 cm³/mol. The minimum absolute atomic E-state index is 0.509. The number of unbranched alkanes of at least 4 members (excludes halogenated alkanes) is 3. The molecule has 0 atom stereocenters. The summed E-state index contributed by atoms with van der Waals surface area (Å²) in [7, 11) is 0. The summed E-state index contributed by atoms with van der Waals surface area (Å²) in [5.74, 6) is 2.64. The van der Waals surface area contributed by atoms with Gasteiger partial charge in [-0.3, -0.25) is 0 Å². The van der Waals surface area contributed by atoms with Crippen molar-refractivity contribution in [3.05, 3.63) is 84.4 Å².